The van der Waals surface area contributed by atoms with Crippen LogP contribution in [0.3, 0.4) is 0 Å². The third kappa shape index (κ3) is 9.24. The van der Waals surface area contributed by atoms with Gasteiger partial charge in [-0.05, 0) is 61.4 Å². The molecule has 0 atom stereocenters. The van der Waals surface area contributed by atoms with E-state index in [1.54, 1.807) is 48.5 Å². The maximum absolute atomic E-state index is 12.4. The van der Waals surface area contributed by atoms with E-state index in [1.165, 1.54) is 25.7 Å². The lowest BCUT2D eigenvalue weighted by atomic mass is 10.2. The molecule has 0 aliphatic carbocycles. The van der Waals surface area contributed by atoms with Gasteiger partial charge in [0, 0.05) is 0 Å². The second kappa shape index (κ2) is 14.2. The van der Waals surface area contributed by atoms with E-state index < -0.39 is 5.97 Å². The molecule has 168 valence electrons. The molecule has 0 saturated carbocycles. The van der Waals surface area contributed by atoms with E-state index in [0.29, 0.717) is 30.1 Å². The molecule has 0 bridgehead atoms. The van der Waals surface area contributed by atoms with E-state index >= 15 is 0 Å². The van der Waals surface area contributed by atoms with Gasteiger partial charge in [-0.15, -0.1) is 0 Å². The van der Waals surface area contributed by atoms with Crippen LogP contribution in [0, 0.1) is 0 Å². The van der Waals surface area contributed by atoms with Gasteiger partial charge in [-0.25, -0.2) is 9.59 Å². The van der Waals surface area contributed by atoms with E-state index in [4.69, 9.17) is 14.2 Å². The highest BCUT2D eigenvalue weighted by molar-refractivity contribution is 5.92. The van der Waals surface area contributed by atoms with Crippen molar-refractivity contribution in [2.45, 2.75) is 65.2 Å². The molecule has 0 amide bonds. The highest BCUT2D eigenvalue weighted by Crippen LogP contribution is 2.18. The van der Waals surface area contributed by atoms with Crippen LogP contribution in [0.25, 0.3) is 0 Å². The summed E-state index contributed by atoms with van der Waals surface area (Å²) in [5, 5.41) is 0. The maximum Gasteiger partial charge on any atom is 0.343 e. The standard InChI is InChI=1S/C26H34O5/c1-3-5-7-8-10-19-29-23-15-11-22(12-16-23)26(28)31-24-17-13-21(14-18-24)25(27)30-20-9-6-4-2/h11-18H,3-10,19-20H2,1-2H3. The first-order valence-electron chi connectivity index (χ1n) is 11.4. The van der Waals surface area contributed by atoms with Gasteiger partial charge in [0.25, 0.3) is 0 Å². The summed E-state index contributed by atoms with van der Waals surface area (Å²) >= 11 is 0. The molecule has 5 heteroatoms. The van der Waals surface area contributed by atoms with Crippen LogP contribution in [0.1, 0.15) is 85.9 Å². The highest BCUT2D eigenvalue weighted by Gasteiger charge is 2.11. The molecule has 2 aromatic carbocycles. The number of hydrogen-bond donors (Lipinski definition) is 0. The van der Waals surface area contributed by atoms with Gasteiger partial charge in [-0.3, -0.25) is 0 Å². The Kier molecular flexibility index (Phi) is 11.2. The van der Waals surface area contributed by atoms with E-state index in [1.807, 2.05) is 0 Å². The van der Waals surface area contributed by atoms with Crippen molar-refractivity contribution in [1.82, 2.24) is 0 Å². The zero-order valence-electron chi connectivity index (χ0n) is 18.7. The van der Waals surface area contributed by atoms with E-state index in [-0.39, 0.29) is 5.97 Å². The van der Waals surface area contributed by atoms with Gasteiger partial charge in [0.15, 0.2) is 0 Å². The first-order chi connectivity index (χ1) is 15.1. The second-order valence-electron chi connectivity index (χ2n) is 7.54. The van der Waals surface area contributed by atoms with Gasteiger partial charge in [0.2, 0.25) is 0 Å². The molecule has 0 aromatic heterocycles. The Bertz CT molecular complexity index is 780. The summed E-state index contributed by atoms with van der Waals surface area (Å²) in [5.41, 5.74) is 0.877. The number of hydrogen-bond acceptors (Lipinski definition) is 5. The molecule has 2 rings (SSSR count). The summed E-state index contributed by atoms with van der Waals surface area (Å²) in [6.07, 6.45) is 8.92. The zero-order chi connectivity index (χ0) is 22.3. The number of benzene rings is 2. The Labute approximate surface area is 185 Å². The summed E-state index contributed by atoms with van der Waals surface area (Å²) in [6, 6.07) is 13.3. The fourth-order valence-corrected chi connectivity index (χ4v) is 3.01. The van der Waals surface area contributed by atoms with Crippen LogP contribution in [0.5, 0.6) is 11.5 Å². The van der Waals surface area contributed by atoms with Crippen molar-refractivity contribution in [3.63, 3.8) is 0 Å². The summed E-state index contributed by atoms with van der Waals surface area (Å²) in [4.78, 5) is 24.3. The molecule has 0 spiro atoms. The Morgan fingerprint density at radius 1 is 0.613 bits per heavy atom. The Morgan fingerprint density at radius 2 is 1.13 bits per heavy atom. The van der Waals surface area contributed by atoms with Crippen molar-refractivity contribution < 1.29 is 23.8 Å². The third-order valence-corrected chi connectivity index (χ3v) is 4.89. The normalized spacial score (nSPS) is 10.5. The van der Waals surface area contributed by atoms with Crippen LogP contribution in [0.15, 0.2) is 48.5 Å². The lowest BCUT2D eigenvalue weighted by Crippen LogP contribution is -2.09. The minimum atomic E-state index is -0.457. The molecule has 0 fully saturated rings. The molecule has 0 aliphatic rings. The predicted molar refractivity (Wildman–Crippen MR) is 122 cm³/mol. The topological polar surface area (TPSA) is 61.8 Å². The summed E-state index contributed by atoms with van der Waals surface area (Å²) < 4.78 is 16.3. The molecule has 2 aromatic rings. The number of ether oxygens (including phenoxy) is 3. The van der Waals surface area contributed by atoms with Gasteiger partial charge in [-0.2, -0.15) is 0 Å². The van der Waals surface area contributed by atoms with Crippen LogP contribution in [-0.2, 0) is 4.74 Å². The number of rotatable bonds is 14. The Balaban J connectivity index is 1.77. The third-order valence-electron chi connectivity index (χ3n) is 4.89. The largest absolute Gasteiger partial charge is 0.494 e. The average molecular weight is 427 g/mol. The average Bonchev–Trinajstić information content (AvgIpc) is 2.80. The zero-order valence-corrected chi connectivity index (χ0v) is 18.7. The highest BCUT2D eigenvalue weighted by atomic mass is 16.5. The van der Waals surface area contributed by atoms with Crippen molar-refractivity contribution in [2.75, 3.05) is 13.2 Å². The van der Waals surface area contributed by atoms with E-state index in [0.717, 1.165) is 31.4 Å². The van der Waals surface area contributed by atoms with Crippen molar-refractivity contribution in [1.29, 1.82) is 0 Å². The van der Waals surface area contributed by atoms with Gasteiger partial charge < -0.3 is 14.2 Å². The quantitative estimate of drug-likeness (QED) is 0.193. The molecule has 0 N–H and O–H groups in total. The number of carbonyl (C=O) groups excluding carboxylic acids is 2. The van der Waals surface area contributed by atoms with Crippen molar-refractivity contribution >= 4 is 11.9 Å². The van der Waals surface area contributed by atoms with Gasteiger partial charge in [0.05, 0.1) is 24.3 Å². The fourth-order valence-electron chi connectivity index (χ4n) is 3.01. The lowest BCUT2D eigenvalue weighted by Gasteiger charge is -2.08. The van der Waals surface area contributed by atoms with Crippen molar-refractivity contribution in [3.8, 4) is 11.5 Å². The van der Waals surface area contributed by atoms with Crippen LogP contribution in [-0.4, -0.2) is 25.2 Å². The predicted octanol–water partition coefficient (Wildman–Crippen LogP) is 6.60. The molecule has 0 heterocycles. The van der Waals surface area contributed by atoms with Crippen LogP contribution >= 0.6 is 0 Å². The SMILES string of the molecule is CCCCCCCOc1ccc(C(=O)Oc2ccc(C(=O)OCCCCC)cc2)cc1. The minimum Gasteiger partial charge on any atom is -0.494 e. The fraction of sp³-hybridized carbons (Fsp3) is 0.462. The first kappa shape index (κ1) is 24.4. The molecular weight excluding hydrogens is 392 g/mol. The van der Waals surface area contributed by atoms with Crippen molar-refractivity contribution in [3.05, 3.63) is 59.7 Å². The monoisotopic (exact) mass is 426 g/mol. The van der Waals surface area contributed by atoms with E-state index in [2.05, 4.69) is 13.8 Å². The molecule has 0 unspecified atom stereocenters. The maximum atomic E-state index is 12.4. The lowest BCUT2D eigenvalue weighted by molar-refractivity contribution is 0.0498. The summed E-state index contributed by atoms with van der Waals surface area (Å²) in [6.45, 7) is 5.40. The first-order valence-corrected chi connectivity index (χ1v) is 11.4. The van der Waals surface area contributed by atoms with Crippen LogP contribution < -0.4 is 9.47 Å². The summed E-state index contributed by atoms with van der Waals surface area (Å²) in [5.74, 6) is 0.296. The molecule has 0 radical (unpaired) electrons. The van der Waals surface area contributed by atoms with Gasteiger partial charge in [0.1, 0.15) is 11.5 Å². The molecule has 5 nitrogen and oxygen atoms in total. The van der Waals surface area contributed by atoms with Gasteiger partial charge in [-0.1, -0.05) is 52.4 Å². The minimum absolute atomic E-state index is 0.366. The van der Waals surface area contributed by atoms with Gasteiger partial charge >= 0.3 is 11.9 Å². The molecular formula is C26H34O5. The Morgan fingerprint density at radius 3 is 1.77 bits per heavy atom. The second-order valence-corrected chi connectivity index (χ2v) is 7.54. The number of esters is 2. The number of carbonyl (C=O) groups is 2. The summed E-state index contributed by atoms with van der Waals surface area (Å²) in [7, 11) is 0. The molecule has 0 saturated heterocycles. The smallest absolute Gasteiger partial charge is 0.343 e. The van der Waals surface area contributed by atoms with E-state index in [9.17, 15) is 9.59 Å². The van der Waals surface area contributed by atoms with Crippen LogP contribution in [0.2, 0.25) is 0 Å². The Hall–Kier alpha value is -2.82. The molecule has 0 aliphatic heterocycles. The van der Waals surface area contributed by atoms with Crippen LogP contribution in [0.4, 0.5) is 0 Å². The molecule has 31 heavy (non-hydrogen) atoms. The number of unbranched alkanes of at least 4 members (excludes halogenated alkanes) is 6. The van der Waals surface area contributed by atoms with Crippen molar-refractivity contribution in [2.24, 2.45) is 0 Å².